The molecule has 2 heterocycles. The smallest absolute Gasteiger partial charge is 0.222 e. The van der Waals surface area contributed by atoms with Crippen LogP contribution in [0.25, 0.3) is 0 Å². The lowest BCUT2D eigenvalue weighted by Gasteiger charge is -2.20. The van der Waals surface area contributed by atoms with Crippen molar-refractivity contribution < 1.29 is 9.59 Å². The van der Waals surface area contributed by atoms with Crippen molar-refractivity contribution in [1.82, 2.24) is 15.2 Å². The molecule has 1 aromatic rings. The maximum absolute atomic E-state index is 11.8. The number of nitrogens with zero attached hydrogens (tertiary/aromatic N) is 2. The quantitative estimate of drug-likeness (QED) is 0.783. The third-order valence-electron chi connectivity index (χ3n) is 3.96. The van der Waals surface area contributed by atoms with E-state index in [1.54, 1.807) is 12.4 Å². The molecule has 1 aliphatic rings. The molecule has 0 spiro atoms. The fourth-order valence-electron chi connectivity index (χ4n) is 2.66. The number of pyridine rings is 1. The van der Waals surface area contributed by atoms with Crippen LogP contribution < -0.4 is 5.32 Å². The molecule has 1 aromatic heterocycles. The molecule has 5 nitrogen and oxygen atoms in total. The van der Waals surface area contributed by atoms with Crippen LogP contribution in [-0.4, -0.2) is 41.3 Å². The van der Waals surface area contributed by atoms with Crippen molar-refractivity contribution in [3.05, 3.63) is 30.1 Å². The van der Waals surface area contributed by atoms with Crippen molar-refractivity contribution in [2.24, 2.45) is 0 Å². The zero-order chi connectivity index (χ0) is 15.6. The Hall–Kier alpha value is -1.91. The molecule has 5 heteroatoms. The average molecular weight is 303 g/mol. The van der Waals surface area contributed by atoms with E-state index in [9.17, 15) is 9.59 Å². The normalized spacial score (nSPS) is 15.5. The molecule has 0 bridgehead atoms. The van der Waals surface area contributed by atoms with Gasteiger partial charge in [0.25, 0.3) is 0 Å². The van der Waals surface area contributed by atoms with Crippen LogP contribution in [0.5, 0.6) is 0 Å². The number of hydrogen-bond donors (Lipinski definition) is 1. The molecule has 0 radical (unpaired) electrons. The number of carbonyl (C=O) groups excluding carboxylic acids is 2. The fourth-order valence-corrected chi connectivity index (χ4v) is 2.66. The Morgan fingerprint density at radius 2 is 2.23 bits per heavy atom. The van der Waals surface area contributed by atoms with Gasteiger partial charge in [-0.1, -0.05) is 12.5 Å². The van der Waals surface area contributed by atoms with Gasteiger partial charge in [-0.25, -0.2) is 0 Å². The summed E-state index contributed by atoms with van der Waals surface area (Å²) in [6, 6.07) is 3.86. The highest BCUT2D eigenvalue weighted by atomic mass is 16.2. The van der Waals surface area contributed by atoms with Crippen molar-refractivity contribution in [3.63, 3.8) is 0 Å². The third-order valence-corrected chi connectivity index (χ3v) is 3.96. The van der Waals surface area contributed by atoms with Crippen LogP contribution in [0.1, 0.15) is 44.1 Å². The van der Waals surface area contributed by atoms with Gasteiger partial charge in [-0.05, 0) is 37.3 Å². The number of likely N-dealkylation sites (tertiary alicyclic amines) is 1. The summed E-state index contributed by atoms with van der Waals surface area (Å²) >= 11 is 0. The van der Waals surface area contributed by atoms with Crippen molar-refractivity contribution in [2.45, 2.75) is 44.9 Å². The molecule has 2 rings (SSSR count). The van der Waals surface area contributed by atoms with E-state index >= 15 is 0 Å². The molecule has 1 N–H and O–H groups in total. The number of hydrogen-bond acceptors (Lipinski definition) is 3. The first-order valence-electron chi connectivity index (χ1n) is 8.19. The van der Waals surface area contributed by atoms with Crippen molar-refractivity contribution in [3.8, 4) is 0 Å². The van der Waals surface area contributed by atoms with E-state index in [1.165, 1.54) is 0 Å². The summed E-state index contributed by atoms with van der Waals surface area (Å²) in [6.45, 7) is 2.26. The summed E-state index contributed by atoms with van der Waals surface area (Å²) in [7, 11) is 0. The van der Waals surface area contributed by atoms with Crippen LogP contribution in [0.15, 0.2) is 24.5 Å². The van der Waals surface area contributed by atoms with Crippen LogP contribution in [0.3, 0.4) is 0 Å². The summed E-state index contributed by atoms with van der Waals surface area (Å²) < 4.78 is 0. The van der Waals surface area contributed by atoms with Gasteiger partial charge >= 0.3 is 0 Å². The maximum atomic E-state index is 11.8. The monoisotopic (exact) mass is 303 g/mol. The lowest BCUT2D eigenvalue weighted by molar-refractivity contribution is -0.130. The van der Waals surface area contributed by atoms with Gasteiger partial charge < -0.3 is 10.2 Å². The first kappa shape index (κ1) is 16.5. The van der Waals surface area contributed by atoms with Gasteiger partial charge in [0.15, 0.2) is 0 Å². The number of carbonyl (C=O) groups is 2. The van der Waals surface area contributed by atoms with Crippen LogP contribution in [0.4, 0.5) is 0 Å². The largest absolute Gasteiger partial charge is 0.356 e. The van der Waals surface area contributed by atoms with Gasteiger partial charge in [-0.3, -0.25) is 14.6 Å². The predicted molar refractivity (Wildman–Crippen MR) is 85.2 cm³/mol. The SMILES string of the molecule is O=C(CCc1cccnc1)NCCCN1CCCCCC1=O. The van der Waals surface area contributed by atoms with Gasteiger partial charge in [0.05, 0.1) is 0 Å². The highest BCUT2D eigenvalue weighted by Crippen LogP contribution is 2.11. The van der Waals surface area contributed by atoms with Gasteiger partial charge in [-0.2, -0.15) is 0 Å². The standard InChI is InChI=1S/C17H25N3O2/c21-16(9-8-15-6-4-10-18-14-15)19-11-5-13-20-12-3-1-2-7-17(20)22/h4,6,10,14H,1-3,5,7-9,11-13H2,(H,19,21). The van der Waals surface area contributed by atoms with E-state index < -0.39 is 0 Å². The summed E-state index contributed by atoms with van der Waals surface area (Å²) in [4.78, 5) is 29.6. The zero-order valence-corrected chi connectivity index (χ0v) is 13.1. The number of rotatable bonds is 7. The first-order valence-corrected chi connectivity index (χ1v) is 8.19. The summed E-state index contributed by atoms with van der Waals surface area (Å²) in [5.74, 6) is 0.325. The van der Waals surface area contributed by atoms with E-state index in [1.807, 2.05) is 17.0 Å². The number of aromatic nitrogens is 1. The Bertz CT molecular complexity index is 476. The Balaban J connectivity index is 1.57. The Kier molecular flexibility index (Phi) is 6.87. The molecule has 2 amide bonds. The molecule has 120 valence electrons. The van der Waals surface area contributed by atoms with Gasteiger partial charge in [0.2, 0.25) is 11.8 Å². The number of amides is 2. The van der Waals surface area contributed by atoms with Gasteiger partial charge in [0.1, 0.15) is 0 Å². The zero-order valence-electron chi connectivity index (χ0n) is 13.1. The van der Waals surface area contributed by atoms with E-state index in [0.29, 0.717) is 25.8 Å². The molecule has 1 fully saturated rings. The predicted octanol–water partition coefficient (Wildman–Crippen LogP) is 1.92. The number of aryl methyl sites for hydroxylation is 1. The molecular weight excluding hydrogens is 278 g/mol. The highest BCUT2D eigenvalue weighted by Gasteiger charge is 2.15. The van der Waals surface area contributed by atoms with Crippen LogP contribution in [0.2, 0.25) is 0 Å². The molecule has 22 heavy (non-hydrogen) atoms. The van der Waals surface area contributed by atoms with E-state index in [4.69, 9.17) is 0 Å². The Morgan fingerprint density at radius 3 is 3.05 bits per heavy atom. The topological polar surface area (TPSA) is 62.3 Å². The summed E-state index contributed by atoms with van der Waals surface area (Å²) in [6.07, 6.45) is 9.48. The van der Waals surface area contributed by atoms with Crippen molar-refractivity contribution >= 4 is 11.8 Å². The molecular formula is C17H25N3O2. The van der Waals surface area contributed by atoms with Crippen molar-refractivity contribution in [1.29, 1.82) is 0 Å². The minimum absolute atomic E-state index is 0.0612. The minimum Gasteiger partial charge on any atom is -0.356 e. The fraction of sp³-hybridized carbons (Fsp3) is 0.588. The molecule has 1 aliphatic heterocycles. The van der Waals surface area contributed by atoms with E-state index in [-0.39, 0.29) is 11.8 Å². The van der Waals surface area contributed by atoms with Crippen LogP contribution in [-0.2, 0) is 16.0 Å². The molecule has 0 aromatic carbocycles. The maximum Gasteiger partial charge on any atom is 0.222 e. The first-order chi connectivity index (χ1) is 10.8. The highest BCUT2D eigenvalue weighted by molar-refractivity contribution is 5.76. The molecule has 0 aliphatic carbocycles. The van der Waals surface area contributed by atoms with Crippen LogP contribution >= 0.6 is 0 Å². The van der Waals surface area contributed by atoms with Crippen LogP contribution in [0, 0.1) is 0 Å². The average Bonchev–Trinajstić information content (AvgIpc) is 2.75. The molecule has 0 saturated carbocycles. The number of nitrogens with one attached hydrogen (secondary N) is 1. The second-order valence-electron chi connectivity index (χ2n) is 5.76. The molecule has 0 unspecified atom stereocenters. The Labute approximate surface area is 132 Å². The third kappa shape index (κ3) is 5.84. The minimum atomic E-state index is 0.0612. The second-order valence-corrected chi connectivity index (χ2v) is 5.76. The lowest BCUT2D eigenvalue weighted by Crippen LogP contribution is -2.34. The van der Waals surface area contributed by atoms with E-state index in [0.717, 1.165) is 44.3 Å². The molecule has 0 atom stereocenters. The summed E-state index contributed by atoms with van der Waals surface area (Å²) in [5, 5.41) is 2.93. The molecule has 1 saturated heterocycles. The van der Waals surface area contributed by atoms with E-state index in [2.05, 4.69) is 10.3 Å². The Morgan fingerprint density at radius 1 is 1.32 bits per heavy atom. The van der Waals surface area contributed by atoms with Crippen molar-refractivity contribution in [2.75, 3.05) is 19.6 Å². The lowest BCUT2D eigenvalue weighted by atomic mass is 10.1. The van der Waals surface area contributed by atoms with Gasteiger partial charge in [0, 0.05) is 44.9 Å². The summed E-state index contributed by atoms with van der Waals surface area (Å²) in [5.41, 5.74) is 1.08. The van der Waals surface area contributed by atoms with Gasteiger partial charge in [-0.15, -0.1) is 0 Å². The second kappa shape index (κ2) is 9.18.